The largest absolute Gasteiger partial charge is 0.370 e. The van der Waals surface area contributed by atoms with Gasteiger partial charge in [-0.25, -0.2) is 0 Å². The van der Waals surface area contributed by atoms with E-state index in [9.17, 15) is 4.79 Å². The number of carbonyl (C=O) groups excluding carboxylic acids is 1. The van der Waals surface area contributed by atoms with Crippen LogP contribution >= 0.6 is 0 Å². The van der Waals surface area contributed by atoms with E-state index in [1.165, 1.54) is 25.7 Å². The maximum atomic E-state index is 11.7. The minimum atomic E-state index is -0.00535. The maximum absolute atomic E-state index is 11.7. The second-order valence-corrected chi connectivity index (χ2v) is 5.22. The van der Waals surface area contributed by atoms with Crippen LogP contribution in [0.15, 0.2) is 0 Å². The number of rotatable bonds is 6. The molecular weight excluding hydrogens is 202 g/mol. The van der Waals surface area contributed by atoms with Gasteiger partial charge in [0.05, 0.1) is 6.61 Å². The first-order chi connectivity index (χ1) is 7.58. The molecule has 94 valence electrons. The number of hydrogen-bond acceptors (Lipinski definition) is 2. The minimum Gasteiger partial charge on any atom is -0.370 e. The lowest BCUT2D eigenvalue weighted by molar-refractivity contribution is -0.149. The third-order valence-corrected chi connectivity index (χ3v) is 3.36. The molecule has 1 aliphatic rings. The Morgan fingerprint density at radius 1 is 1.31 bits per heavy atom. The van der Waals surface area contributed by atoms with Crippen molar-refractivity contribution in [3.05, 3.63) is 0 Å². The maximum Gasteiger partial charge on any atom is 0.249 e. The number of hydrogen-bond donors (Lipinski definition) is 0. The van der Waals surface area contributed by atoms with Crippen LogP contribution in [0.1, 0.15) is 52.9 Å². The average molecular weight is 227 g/mol. The number of amides is 1. The van der Waals surface area contributed by atoms with Gasteiger partial charge in [-0.05, 0) is 20.3 Å². The van der Waals surface area contributed by atoms with Crippen molar-refractivity contribution in [2.75, 3.05) is 19.8 Å². The van der Waals surface area contributed by atoms with Crippen molar-refractivity contribution in [3.8, 4) is 0 Å². The molecule has 1 fully saturated rings. The van der Waals surface area contributed by atoms with E-state index in [1.807, 2.05) is 4.90 Å². The lowest BCUT2D eigenvalue weighted by Crippen LogP contribution is -2.53. The van der Waals surface area contributed by atoms with Gasteiger partial charge in [-0.1, -0.05) is 32.6 Å². The van der Waals surface area contributed by atoms with E-state index in [0.717, 1.165) is 13.0 Å². The van der Waals surface area contributed by atoms with Crippen LogP contribution in [0.4, 0.5) is 0 Å². The molecule has 0 aromatic rings. The predicted octanol–water partition coefficient (Wildman–Crippen LogP) is 2.59. The first-order valence-electron chi connectivity index (χ1n) is 6.46. The molecule has 0 bridgehead atoms. The zero-order valence-corrected chi connectivity index (χ0v) is 10.9. The van der Waals surface area contributed by atoms with Crippen LogP contribution in [0.2, 0.25) is 0 Å². The van der Waals surface area contributed by atoms with Crippen LogP contribution in [0.25, 0.3) is 0 Å². The van der Waals surface area contributed by atoms with Crippen LogP contribution in [0.5, 0.6) is 0 Å². The van der Waals surface area contributed by atoms with Crippen LogP contribution in [0, 0.1) is 0 Å². The predicted molar refractivity (Wildman–Crippen MR) is 65.4 cm³/mol. The monoisotopic (exact) mass is 227 g/mol. The molecule has 3 heteroatoms. The molecule has 1 saturated heterocycles. The Morgan fingerprint density at radius 2 is 2.06 bits per heavy atom. The molecule has 0 unspecified atom stereocenters. The Balaban J connectivity index is 2.38. The highest BCUT2D eigenvalue weighted by Crippen LogP contribution is 2.23. The molecule has 0 aliphatic carbocycles. The van der Waals surface area contributed by atoms with Crippen molar-refractivity contribution in [3.63, 3.8) is 0 Å². The summed E-state index contributed by atoms with van der Waals surface area (Å²) in [5, 5.41) is 0. The Morgan fingerprint density at radius 3 is 2.69 bits per heavy atom. The summed E-state index contributed by atoms with van der Waals surface area (Å²) in [6.07, 6.45) is 6.15. The van der Waals surface area contributed by atoms with E-state index in [1.54, 1.807) is 0 Å². The van der Waals surface area contributed by atoms with Crippen molar-refractivity contribution >= 4 is 5.91 Å². The molecule has 1 aliphatic heterocycles. The van der Waals surface area contributed by atoms with Gasteiger partial charge in [-0.2, -0.15) is 0 Å². The Bertz CT molecular complexity index is 226. The van der Waals surface area contributed by atoms with Crippen molar-refractivity contribution in [2.24, 2.45) is 0 Å². The van der Waals surface area contributed by atoms with Gasteiger partial charge < -0.3 is 9.64 Å². The van der Waals surface area contributed by atoms with E-state index in [4.69, 9.17) is 4.74 Å². The zero-order chi connectivity index (χ0) is 12.0. The number of unbranched alkanes of at least 4 members (excludes halogenated alkanes) is 3. The number of ether oxygens (including phenoxy) is 1. The highest BCUT2D eigenvalue weighted by atomic mass is 16.5. The first-order valence-corrected chi connectivity index (χ1v) is 6.46. The van der Waals surface area contributed by atoms with Crippen LogP contribution in [-0.2, 0) is 9.53 Å². The van der Waals surface area contributed by atoms with Crippen molar-refractivity contribution in [1.82, 2.24) is 4.90 Å². The molecule has 0 spiro atoms. The summed E-state index contributed by atoms with van der Waals surface area (Å²) in [5.74, 6) is 0.145. The number of nitrogens with zero attached hydrogens (tertiary/aromatic N) is 1. The highest BCUT2D eigenvalue weighted by molar-refractivity contribution is 5.78. The summed E-state index contributed by atoms with van der Waals surface area (Å²) in [6.45, 7) is 8.25. The zero-order valence-electron chi connectivity index (χ0n) is 10.9. The Kier molecular flexibility index (Phi) is 5.26. The molecule has 1 rings (SSSR count). The second-order valence-electron chi connectivity index (χ2n) is 5.22. The molecule has 0 saturated carbocycles. The average Bonchev–Trinajstić information content (AvgIpc) is 2.25. The van der Waals surface area contributed by atoms with Gasteiger partial charge in [0, 0.05) is 12.1 Å². The van der Waals surface area contributed by atoms with Gasteiger partial charge in [0.1, 0.15) is 6.61 Å². The van der Waals surface area contributed by atoms with Crippen molar-refractivity contribution < 1.29 is 9.53 Å². The fourth-order valence-electron chi connectivity index (χ4n) is 2.28. The lowest BCUT2D eigenvalue weighted by Gasteiger charge is -2.41. The Labute approximate surface area is 99.1 Å². The normalized spacial score (nSPS) is 17.9. The molecule has 0 radical (unpaired) electrons. The van der Waals surface area contributed by atoms with Gasteiger partial charge in [-0.3, -0.25) is 4.79 Å². The molecule has 0 aromatic carbocycles. The number of carbonyl (C=O) groups is 1. The SMILES string of the molecule is CCCCCCC(C)(C)N1CCOCC1=O. The van der Waals surface area contributed by atoms with Crippen LogP contribution in [-0.4, -0.2) is 36.1 Å². The smallest absolute Gasteiger partial charge is 0.249 e. The van der Waals surface area contributed by atoms with Gasteiger partial charge in [-0.15, -0.1) is 0 Å². The van der Waals surface area contributed by atoms with Gasteiger partial charge in [0.15, 0.2) is 0 Å². The molecule has 16 heavy (non-hydrogen) atoms. The highest BCUT2D eigenvalue weighted by Gasteiger charge is 2.32. The number of morpholine rings is 1. The summed E-state index contributed by atoms with van der Waals surface area (Å²) in [7, 11) is 0. The molecular formula is C13H25NO2. The molecule has 1 amide bonds. The molecule has 3 nitrogen and oxygen atoms in total. The third-order valence-electron chi connectivity index (χ3n) is 3.36. The summed E-state index contributed by atoms with van der Waals surface area (Å²) in [4.78, 5) is 13.7. The summed E-state index contributed by atoms with van der Waals surface area (Å²) < 4.78 is 5.16. The van der Waals surface area contributed by atoms with Crippen molar-refractivity contribution in [1.29, 1.82) is 0 Å². The first kappa shape index (κ1) is 13.5. The third kappa shape index (κ3) is 3.78. The van der Waals surface area contributed by atoms with E-state index in [2.05, 4.69) is 20.8 Å². The summed E-state index contributed by atoms with van der Waals surface area (Å²) in [6, 6.07) is 0. The standard InChI is InChI=1S/C13H25NO2/c1-4-5-6-7-8-13(2,3)14-9-10-16-11-12(14)15/h4-11H2,1-3H3. The Hall–Kier alpha value is -0.570. The summed E-state index contributed by atoms with van der Waals surface area (Å²) in [5.41, 5.74) is -0.00535. The molecule has 1 heterocycles. The van der Waals surface area contributed by atoms with Crippen LogP contribution in [0.3, 0.4) is 0 Å². The fourth-order valence-corrected chi connectivity index (χ4v) is 2.28. The van der Waals surface area contributed by atoms with E-state index < -0.39 is 0 Å². The van der Waals surface area contributed by atoms with Gasteiger partial charge >= 0.3 is 0 Å². The van der Waals surface area contributed by atoms with Crippen LogP contribution < -0.4 is 0 Å². The summed E-state index contributed by atoms with van der Waals surface area (Å²) >= 11 is 0. The molecule has 0 aromatic heterocycles. The van der Waals surface area contributed by atoms with E-state index in [-0.39, 0.29) is 18.1 Å². The van der Waals surface area contributed by atoms with Crippen molar-refractivity contribution in [2.45, 2.75) is 58.4 Å². The topological polar surface area (TPSA) is 29.5 Å². The van der Waals surface area contributed by atoms with Gasteiger partial charge in [0.25, 0.3) is 0 Å². The van der Waals surface area contributed by atoms with Gasteiger partial charge in [0.2, 0.25) is 5.91 Å². The van der Waals surface area contributed by atoms with E-state index >= 15 is 0 Å². The molecule has 0 N–H and O–H groups in total. The minimum absolute atomic E-state index is 0.00535. The lowest BCUT2D eigenvalue weighted by atomic mass is 9.93. The fraction of sp³-hybridized carbons (Fsp3) is 0.923. The van der Waals surface area contributed by atoms with E-state index in [0.29, 0.717) is 6.61 Å². The quantitative estimate of drug-likeness (QED) is 0.653. The molecule has 0 atom stereocenters. The second kappa shape index (κ2) is 6.24.